The monoisotopic (exact) mass is 227 g/mol. The summed E-state index contributed by atoms with van der Waals surface area (Å²) in [6.07, 6.45) is 0.416. The van der Waals surface area contributed by atoms with Crippen molar-refractivity contribution in [3.05, 3.63) is 0 Å². The minimum Gasteiger partial charge on any atom is -0.481 e. The summed E-state index contributed by atoms with van der Waals surface area (Å²) in [7, 11) is 0. The smallest absolute Gasteiger partial charge is 0.410 e. The summed E-state index contributed by atoms with van der Waals surface area (Å²) in [6.45, 7) is 5.71. The van der Waals surface area contributed by atoms with Gasteiger partial charge in [-0.1, -0.05) is 0 Å². The first-order valence-electron chi connectivity index (χ1n) is 5.52. The zero-order valence-electron chi connectivity index (χ0n) is 9.77. The zero-order valence-corrected chi connectivity index (χ0v) is 9.77. The van der Waals surface area contributed by atoms with E-state index in [-0.39, 0.29) is 18.1 Å². The van der Waals surface area contributed by atoms with E-state index in [4.69, 9.17) is 9.84 Å². The number of carboxylic acid groups (broad SMARTS) is 1. The van der Waals surface area contributed by atoms with Crippen molar-refractivity contribution in [3.8, 4) is 0 Å². The summed E-state index contributed by atoms with van der Waals surface area (Å²) < 4.78 is 5.24. The maximum absolute atomic E-state index is 11.8. The third-order valence-corrected chi connectivity index (χ3v) is 3.06. The number of carbonyl (C=O) groups is 2. The number of carboxylic acids is 1. The largest absolute Gasteiger partial charge is 0.481 e. The van der Waals surface area contributed by atoms with Gasteiger partial charge in [-0.25, -0.2) is 4.79 Å². The first-order chi connectivity index (χ1) is 7.29. The Morgan fingerprint density at radius 1 is 1.38 bits per heavy atom. The molecule has 1 aliphatic heterocycles. The van der Waals surface area contributed by atoms with Gasteiger partial charge in [-0.05, 0) is 33.1 Å². The predicted molar refractivity (Wildman–Crippen MR) is 56.0 cm³/mol. The van der Waals surface area contributed by atoms with Gasteiger partial charge >= 0.3 is 12.1 Å². The first kappa shape index (κ1) is 11.2. The molecule has 0 aromatic carbocycles. The van der Waals surface area contributed by atoms with Gasteiger partial charge < -0.3 is 14.7 Å². The molecular weight excluding hydrogens is 210 g/mol. The Morgan fingerprint density at radius 3 is 2.44 bits per heavy atom. The van der Waals surface area contributed by atoms with Crippen LogP contribution in [0, 0.1) is 11.8 Å². The van der Waals surface area contributed by atoms with Gasteiger partial charge in [0.2, 0.25) is 0 Å². The molecular formula is C11H17NO4. The Labute approximate surface area is 94.4 Å². The highest BCUT2D eigenvalue weighted by Gasteiger charge is 2.58. The molecule has 5 nitrogen and oxygen atoms in total. The van der Waals surface area contributed by atoms with Crippen molar-refractivity contribution in [1.82, 2.24) is 4.90 Å². The average Bonchev–Trinajstić information content (AvgIpc) is 2.76. The molecule has 1 N–H and O–H groups in total. The van der Waals surface area contributed by atoms with Crippen molar-refractivity contribution in [2.45, 2.75) is 38.8 Å². The predicted octanol–water partition coefficient (Wildman–Crippen LogP) is 1.33. The van der Waals surface area contributed by atoms with Crippen molar-refractivity contribution >= 4 is 12.1 Å². The number of carbonyl (C=O) groups excluding carboxylic acids is 1. The summed E-state index contributed by atoms with van der Waals surface area (Å²) in [5.74, 6) is -1.07. The zero-order chi connectivity index (χ0) is 12.1. The van der Waals surface area contributed by atoms with Gasteiger partial charge in [-0.15, -0.1) is 0 Å². The normalized spacial score (nSPS) is 32.2. The molecule has 0 bridgehead atoms. The maximum Gasteiger partial charge on any atom is 0.410 e. The lowest BCUT2D eigenvalue weighted by Crippen LogP contribution is -2.38. The fourth-order valence-corrected chi connectivity index (χ4v) is 2.27. The molecule has 2 aliphatic rings. The van der Waals surface area contributed by atoms with Crippen molar-refractivity contribution in [1.29, 1.82) is 0 Å². The molecule has 1 saturated carbocycles. The average molecular weight is 227 g/mol. The number of likely N-dealkylation sites (tertiary alicyclic amines) is 1. The van der Waals surface area contributed by atoms with E-state index in [0.717, 1.165) is 6.42 Å². The molecule has 2 fully saturated rings. The summed E-state index contributed by atoms with van der Waals surface area (Å²) in [5.41, 5.74) is -0.525. The minimum atomic E-state index is -0.807. The van der Waals surface area contributed by atoms with E-state index in [1.54, 1.807) is 25.7 Å². The number of hydrogen-bond donors (Lipinski definition) is 1. The lowest BCUT2D eigenvalue weighted by atomic mass is 10.1. The molecule has 0 aromatic heterocycles. The first-order valence-corrected chi connectivity index (χ1v) is 5.52. The Bertz CT molecular complexity index is 333. The topological polar surface area (TPSA) is 66.8 Å². The molecule has 1 aliphatic carbocycles. The summed E-state index contributed by atoms with van der Waals surface area (Å²) in [5, 5.41) is 8.96. The summed E-state index contributed by atoms with van der Waals surface area (Å²) >= 11 is 0. The van der Waals surface area contributed by atoms with Gasteiger partial charge in [-0.3, -0.25) is 4.79 Å². The molecule has 0 aromatic rings. The molecule has 2 rings (SSSR count). The van der Waals surface area contributed by atoms with Crippen LogP contribution in [0.3, 0.4) is 0 Å². The molecule has 5 heteroatoms. The van der Waals surface area contributed by atoms with E-state index < -0.39 is 17.5 Å². The van der Waals surface area contributed by atoms with Gasteiger partial charge in [0.15, 0.2) is 0 Å². The molecule has 1 heterocycles. The molecule has 0 spiro atoms. The highest BCUT2D eigenvalue weighted by atomic mass is 16.6. The molecule has 1 amide bonds. The second kappa shape index (κ2) is 3.37. The van der Waals surface area contributed by atoms with Crippen molar-refractivity contribution < 1.29 is 19.4 Å². The standard InChI is InChI=1S/C11H17NO4/c1-11(2,3)16-10(15)12-5-7(9(13)14)6-4-8(6)12/h6-8H,4-5H2,1-3H3,(H,13,14)/t6-,7-,8-/m1/s1. The quantitative estimate of drug-likeness (QED) is 0.733. The van der Waals surface area contributed by atoms with E-state index in [1.807, 2.05) is 0 Å². The van der Waals surface area contributed by atoms with Crippen LogP contribution in [0.5, 0.6) is 0 Å². The van der Waals surface area contributed by atoms with Crippen molar-refractivity contribution in [2.24, 2.45) is 11.8 Å². The Kier molecular flexibility index (Phi) is 2.36. The number of amides is 1. The number of hydrogen-bond acceptors (Lipinski definition) is 3. The van der Waals surface area contributed by atoms with Gasteiger partial charge in [0.05, 0.1) is 5.92 Å². The van der Waals surface area contributed by atoms with E-state index in [1.165, 1.54) is 0 Å². The molecule has 3 atom stereocenters. The van der Waals surface area contributed by atoms with Gasteiger partial charge in [0.25, 0.3) is 0 Å². The summed E-state index contributed by atoms with van der Waals surface area (Å²) in [4.78, 5) is 24.3. The van der Waals surface area contributed by atoms with E-state index in [9.17, 15) is 9.59 Å². The van der Waals surface area contributed by atoms with Crippen LogP contribution >= 0.6 is 0 Å². The lowest BCUT2D eigenvalue weighted by molar-refractivity contribution is -0.142. The second-order valence-corrected chi connectivity index (χ2v) is 5.54. The Hall–Kier alpha value is -1.26. The highest BCUT2D eigenvalue weighted by molar-refractivity contribution is 5.76. The third kappa shape index (κ3) is 1.99. The van der Waals surface area contributed by atoms with Crippen LogP contribution in [0.15, 0.2) is 0 Å². The molecule has 0 radical (unpaired) electrons. The minimum absolute atomic E-state index is 0.0935. The van der Waals surface area contributed by atoms with Crippen LogP contribution in [0.2, 0.25) is 0 Å². The number of nitrogens with zero attached hydrogens (tertiary/aromatic N) is 1. The number of rotatable bonds is 1. The van der Waals surface area contributed by atoms with E-state index in [2.05, 4.69) is 0 Å². The highest BCUT2D eigenvalue weighted by Crippen LogP contribution is 2.48. The van der Waals surface area contributed by atoms with Crippen LogP contribution < -0.4 is 0 Å². The molecule has 90 valence electrons. The Balaban J connectivity index is 1.98. The lowest BCUT2D eigenvalue weighted by Gasteiger charge is -2.25. The maximum atomic E-state index is 11.8. The molecule has 0 unspecified atom stereocenters. The van der Waals surface area contributed by atoms with Gasteiger partial charge in [0.1, 0.15) is 5.60 Å². The summed E-state index contributed by atoms with van der Waals surface area (Å²) in [6, 6.07) is 0.0935. The van der Waals surface area contributed by atoms with E-state index in [0.29, 0.717) is 6.54 Å². The van der Waals surface area contributed by atoms with E-state index >= 15 is 0 Å². The molecule has 16 heavy (non-hydrogen) atoms. The SMILES string of the molecule is CC(C)(C)OC(=O)N1C[C@@H](C(=O)O)[C@H]2C[C@H]21. The van der Waals surface area contributed by atoms with Gasteiger partial charge in [0, 0.05) is 12.6 Å². The fraction of sp³-hybridized carbons (Fsp3) is 0.818. The second-order valence-electron chi connectivity index (χ2n) is 5.54. The number of aliphatic carboxylic acids is 1. The van der Waals surface area contributed by atoms with Crippen molar-refractivity contribution in [3.63, 3.8) is 0 Å². The number of fused-ring (bicyclic) bond motifs is 1. The van der Waals surface area contributed by atoms with Crippen LogP contribution in [0.4, 0.5) is 4.79 Å². The van der Waals surface area contributed by atoms with Crippen LogP contribution in [0.25, 0.3) is 0 Å². The van der Waals surface area contributed by atoms with Crippen LogP contribution in [-0.4, -0.2) is 40.3 Å². The van der Waals surface area contributed by atoms with Gasteiger partial charge in [-0.2, -0.15) is 0 Å². The fourth-order valence-electron chi connectivity index (χ4n) is 2.27. The number of piperidine rings is 1. The van der Waals surface area contributed by atoms with Crippen LogP contribution in [0.1, 0.15) is 27.2 Å². The van der Waals surface area contributed by atoms with Crippen LogP contribution in [-0.2, 0) is 9.53 Å². The Morgan fingerprint density at radius 2 is 2.00 bits per heavy atom. The molecule has 1 saturated heterocycles. The van der Waals surface area contributed by atoms with Crippen molar-refractivity contribution in [2.75, 3.05) is 6.54 Å². The number of ether oxygens (including phenoxy) is 1. The third-order valence-electron chi connectivity index (χ3n) is 3.06.